The molecule has 0 saturated heterocycles. The van der Waals surface area contributed by atoms with Crippen molar-refractivity contribution in [2.45, 2.75) is 6.54 Å². The summed E-state index contributed by atoms with van der Waals surface area (Å²) in [5, 5.41) is 15.1. The first-order valence-corrected chi connectivity index (χ1v) is 7.79. The van der Waals surface area contributed by atoms with Crippen LogP contribution in [0.2, 0.25) is 5.02 Å². The Kier molecular flexibility index (Phi) is 3.95. The smallest absolute Gasteiger partial charge is 0.248 e. The van der Waals surface area contributed by atoms with Crippen molar-refractivity contribution in [1.29, 1.82) is 0 Å². The van der Waals surface area contributed by atoms with E-state index < -0.39 is 0 Å². The first-order chi connectivity index (χ1) is 12.2. The van der Waals surface area contributed by atoms with Crippen molar-refractivity contribution < 1.29 is 14.3 Å². The van der Waals surface area contributed by atoms with Crippen molar-refractivity contribution >= 4 is 23.2 Å². The Labute approximate surface area is 147 Å². The maximum atomic E-state index is 12.2. The van der Waals surface area contributed by atoms with Gasteiger partial charge in [-0.1, -0.05) is 41.9 Å². The van der Waals surface area contributed by atoms with E-state index in [-0.39, 0.29) is 19.2 Å². The second-order valence-corrected chi connectivity index (χ2v) is 5.65. The minimum Gasteiger partial charge on any atom is -0.454 e. The van der Waals surface area contributed by atoms with Crippen molar-refractivity contribution in [2.24, 2.45) is 0 Å². The number of amides is 1. The van der Waals surface area contributed by atoms with E-state index in [1.165, 1.54) is 4.80 Å². The topological polar surface area (TPSA) is 91.2 Å². The molecule has 126 valence electrons. The van der Waals surface area contributed by atoms with E-state index in [9.17, 15) is 4.79 Å². The van der Waals surface area contributed by atoms with Gasteiger partial charge in [0.25, 0.3) is 0 Å². The van der Waals surface area contributed by atoms with E-state index in [1.54, 1.807) is 12.1 Å². The predicted octanol–water partition coefficient (Wildman–Crippen LogP) is 2.36. The van der Waals surface area contributed by atoms with Gasteiger partial charge in [-0.2, -0.15) is 4.80 Å². The zero-order valence-corrected chi connectivity index (χ0v) is 13.6. The summed E-state index contributed by atoms with van der Waals surface area (Å²) in [6.07, 6.45) is 0. The molecule has 2 aromatic carbocycles. The molecule has 1 aromatic heterocycles. The maximum Gasteiger partial charge on any atom is 0.248 e. The van der Waals surface area contributed by atoms with E-state index in [2.05, 4.69) is 20.7 Å². The molecular weight excluding hydrogens is 346 g/mol. The zero-order chi connectivity index (χ0) is 17.2. The Hall–Kier alpha value is -3.13. The molecule has 2 heterocycles. The number of carbonyl (C=O) groups is 1. The van der Waals surface area contributed by atoms with Crippen molar-refractivity contribution in [1.82, 2.24) is 20.2 Å². The van der Waals surface area contributed by atoms with Crippen LogP contribution in [-0.4, -0.2) is 32.9 Å². The van der Waals surface area contributed by atoms with Gasteiger partial charge in [0, 0.05) is 17.7 Å². The van der Waals surface area contributed by atoms with Crippen LogP contribution in [0.3, 0.4) is 0 Å². The van der Waals surface area contributed by atoms with Gasteiger partial charge in [0.05, 0.1) is 10.7 Å². The molecule has 1 amide bonds. The van der Waals surface area contributed by atoms with Crippen LogP contribution in [0, 0.1) is 0 Å². The molecule has 0 aliphatic carbocycles. The molecule has 25 heavy (non-hydrogen) atoms. The minimum atomic E-state index is -0.335. The summed E-state index contributed by atoms with van der Waals surface area (Å²) >= 11 is 6.14. The summed E-state index contributed by atoms with van der Waals surface area (Å²) in [5.74, 6) is 1.20. The van der Waals surface area contributed by atoms with E-state index >= 15 is 0 Å². The highest BCUT2D eigenvalue weighted by Crippen LogP contribution is 2.39. The summed E-state index contributed by atoms with van der Waals surface area (Å²) in [6.45, 7) is 0.0405. The van der Waals surface area contributed by atoms with Crippen LogP contribution in [0.25, 0.3) is 11.4 Å². The molecule has 1 N–H and O–H groups in total. The monoisotopic (exact) mass is 357 g/mol. The third kappa shape index (κ3) is 3.24. The maximum absolute atomic E-state index is 12.2. The van der Waals surface area contributed by atoms with E-state index in [0.717, 1.165) is 5.56 Å². The number of fused-ring (bicyclic) bond motifs is 1. The van der Waals surface area contributed by atoms with Crippen LogP contribution in [0.5, 0.6) is 11.5 Å². The number of halogens is 1. The molecule has 3 aromatic rings. The second-order valence-electron chi connectivity index (χ2n) is 5.24. The molecule has 0 radical (unpaired) electrons. The van der Waals surface area contributed by atoms with Gasteiger partial charge in [-0.3, -0.25) is 4.79 Å². The van der Waals surface area contributed by atoms with E-state index in [1.807, 2.05) is 30.3 Å². The number of hydrogen-bond donors (Lipinski definition) is 1. The standard InChI is InChI=1S/C16H12ClN5O3/c17-11-6-13-14(25-9-24-13)7-12(11)18-15(23)8-22-20-16(19-21-22)10-4-2-1-3-5-10/h1-7H,8-9H2,(H,18,23). The molecular formula is C16H12ClN5O3. The van der Waals surface area contributed by atoms with Gasteiger partial charge in [0.15, 0.2) is 11.5 Å². The first kappa shape index (κ1) is 15.4. The fraction of sp³-hybridized carbons (Fsp3) is 0.125. The molecule has 8 nitrogen and oxygen atoms in total. The number of nitrogens with zero attached hydrogens (tertiary/aromatic N) is 4. The van der Waals surface area contributed by atoms with Crippen molar-refractivity contribution in [2.75, 3.05) is 12.1 Å². The van der Waals surface area contributed by atoms with Gasteiger partial charge in [0.1, 0.15) is 6.54 Å². The Morgan fingerprint density at radius 3 is 2.76 bits per heavy atom. The number of carbonyl (C=O) groups excluding carboxylic acids is 1. The molecule has 0 bridgehead atoms. The van der Waals surface area contributed by atoms with Crippen LogP contribution >= 0.6 is 11.6 Å². The Morgan fingerprint density at radius 1 is 1.20 bits per heavy atom. The third-order valence-electron chi connectivity index (χ3n) is 3.51. The summed E-state index contributed by atoms with van der Waals surface area (Å²) in [5.41, 5.74) is 1.26. The molecule has 0 spiro atoms. The number of aromatic nitrogens is 4. The number of nitrogens with one attached hydrogen (secondary N) is 1. The van der Waals surface area contributed by atoms with Crippen LogP contribution in [0.1, 0.15) is 0 Å². The average Bonchev–Trinajstić information content (AvgIpc) is 3.25. The number of tetrazole rings is 1. The summed E-state index contributed by atoms with van der Waals surface area (Å²) in [6, 6.07) is 12.6. The fourth-order valence-corrected chi connectivity index (χ4v) is 2.55. The lowest BCUT2D eigenvalue weighted by atomic mass is 10.2. The van der Waals surface area contributed by atoms with Crippen LogP contribution in [0.4, 0.5) is 5.69 Å². The highest BCUT2D eigenvalue weighted by molar-refractivity contribution is 6.34. The number of ether oxygens (including phenoxy) is 2. The van der Waals surface area contributed by atoms with Gasteiger partial charge in [-0.05, 0) is 5.21 Å². The Bertz CT molecular complexity index is 929. The number of hydrogen-bond acceptors (Lipinski definition) is 6. The van der Waals surface area contributed by atoms with Gasteiger partial charge >= 0.3 is 0 Å². The Morgan fingerprint density at radius 2 is 1.96 bits per heavy atom. The van der Waals surface area contributed by atoms with Crippen LogP contribution in [0.15, 0.2) is 42.5 Å². The van der Waals surface area contributed by atoms with Crippen molar-refractivity contribution in [3.05, 3.63) is 47.5 Å². The molecule has 0 unspecified atom stereocenters. The number of anilines is 1. The van der Waals surface area contributed by atoms with Gasteiger partial charge in [0.2, 0.25) is 18.5 Å². The fourth-order valence-electron chi connectivity index (χ4n) is 2.34. The van der Waals surface area contributed by atoms with Crippen LogP contribution in [-0.2, 0) is 11.3 Å². The molecule has 0 fully saturated rings. The summed E-state index contributed by atoms with van der Waals surface area (Å²) in [4.78, 5) is 13.4. The quantitative estimate of drug-likeness (QED) is 0.770. The molecule has 0 saturated carbocycles. The number of rotatable bonds is 4. The zero-order valence-electron chi connectivity index (χ0n) is 12.8. The van der Waals surface area contributed by atoms with Crippen molar-refractivity contribution in [3.8, 4) is 22.9 Å². The lowest BCUT2D eigenvalue weighted by Crippen LogP contribution is -2.20. The molecule has 1 aliphatic heterocycles. The third-order valence-corrected chi connectivity index (χ3v) is 3.82. The van der Waals surface area contributed by atoms with Gasteiger partial charge < -0.3 is 14.8 Å². The highest BCUT2D eigenvalue weighted by Gasteiger charge is 2.18. The lowest BCUT2D eigenvalue weighted by molar-refractivity contribution is -0.117. The molecule has 9 heteroatoms. The summed E-state index contributed by atoms with van der Waals surface area (Å²) in [7, 11) is 0. The van der Waals surface area contributed by atoms with Crippen LogP contribution < -0.4 is 14.8 Å². The first-order valence-electron chi connectivity index (χ1n) is 7.41. The minimum absolute atomic E-state index is 0.0927. The van der Waals surface area contributed by atoms with Gasteiger partial charge in [-0.15, -0.1) is 10.2 Å². The summed E-state index contributed by atoms with van der Waals surface area (Å²) < 4.78 is 10.5. The van der Waals surface area contributed by atoms with Crippen molar-refractivity contribution in [3.63, 3.8) is 0 Å². The highest BCUT2D eigenvalue weighted by atomic mass is 35.5. The second kappa shape index (κ2) is 6.40. The predicted molar refractivity (Wildman–Crippen MR) is 89.5 cm³/mol. The molecule has 1 aliphatic rings. The van der Waals surface area contributed by atoms with E-state index in [0.29, 0.717) is 28.0 Å². The molecule has 4 rings (SSSR count). The average molecular weight is 358 g/mol. The van der Waals surface area contributed by atoms with E-state index in [4.69, 9.17) is 21.1 Å². The largest absolute Gasteiger partial charge is 0.454 e. The SMILES string of the molecule is O=C(Cn1nnc(-c2ccccc2)n1)Nc1cc2c(cc1Cl)OCO2. The normalized spacial score (nSPS) is 12.2. The van der Waals surface area contributed by atoms with Gasteiger partial charge in [-0.25, -0.2) is 0 Å². The Balaban J connectivity index is 1.46. The number of benzene rings is 2. The molecule has 0 atom stereocenters. The lowest BCUT2D eigenvalue weighted by Gasteiger charge is -2.07.